The van der Waals surface area contributed by atoms with Gasteiger partial charge in [-0.15, -0.1) is 24.0 Å². The van der Waals surface area contributed by atoms with Crippen LogP contribution in [0.4, 0.5) is 14.5 Å². The topological polar surface area (TPSA) is 83.3 Å². The maximum absolute atomic E-state index is 13.7. The summed E-state index contributed by atoms with van der Waals surface area (Å²) in [5.74, 6) is -0.731. The summed E-state index contributed by atoms with van der Waals surface area (Å²) in [7, 11) is 1.59. The summed E-state index contributed by atoms with van der Waals surface area (Å²) in [6.07, 6.45) is 3.33. The number of hydrogen-bond acceptors (Lipinski definition) is 3. The van der Waals surface area contributed by atoms with Crippen LogP contribution in [0.3, 0.4) is 0 Å². The van der Waals surface area contributed by atoms with Crippen molar-refractivity contribution in [1.29, 1.82) is 0 Å². The van der Waals surface area contributed by atoms with Crippen LogP contribution < -0.4 is 16.0 Å². The van der Waals surface area contributed by atoms with Crippen molar-refractivity contribution in [3.8, 4) is 0 Å². The summed E-state index contributed by atoms with van der Waals surface area (Å²) in [6.45, 7) is 0.643. The molecule has 0 atom stereocenters. The third kappa shape index (κ3) is 7.63. The van der Waals surface area contributed by atoms with Gasteiger partial charge in [-0.3, -0.25) is 14.5 Å². The molecule has 1 heterocycles. The van der Waals surface area contributed by atoms with Gasteiger partial charge in [0.05, 0.1) is 0 Å². The molecule has 3 aromatic rings. The van der Waals surface area contributed by atoms with Gasteiger partial charge in [0.1, 0.15) is 18.2 Å². The van der Waals surface area contributed by atoms with Crippen LogP contribution in [0.15, 0.2) is 65.9 Å². The highest BCUT2D eigenvalue weighted by Gasteiger charge is 2.07. The third-order valence-electron chi connectivity index (χ3n) is 4.21. The number of nitrogens with zero attached hydrogens (tertiary/aromatic N) is 3. The first-order valence-electron chi connectivity index (χ1n) is 9.28. The van der Waals surface area contributed by atoms with Crippen molar-refractivity contribution in [2.75, 3.05) is 12.4 Å². The van der Waals surface area contributed by atoms with Gasteiger partial charge in [-0.1, -0.05) is 12.1 Å². The van der Waals surface area contributed by atoms with Crippen molar-refractivity contribution < 1.29 is 13.6 Å². The summed E-state index contributed by atoms with van der Waals surface area (Å²) in [6, 6.07) is 12.4. The monoisotopic (exact) mass is 540 g/mol. The molecule has 0 saturated carbocycles. The Morgan fingerprint density at radius 3 is 2.65 bits per heavy atom. The molecule has 0 bridgehead atoms. The van der Waals surface area contributed by atoms with Crippen molar-refractivity contribution >= 4 is 41.5 Å². The van der Waals surface area contributed by atoms with Crippen LogP contribution in [0, 0.1) is 11.6 Å². The SMILES string of the molecule is CN=C(NCc1cccc(NC(=O)Cn2cccn2)c1)NCc1cc(F)ccc1F.I. The minimum absolute atomic E-state index is 0. The summed E-state index contributed by atoms with van der Waals surface area (Å²) in [5.41, 5.74) is 1.78. The molecular formula is C21H23F2IN6O. The highest BCUT2D eigenvalue weighted by molar-refractivity contribution is 14.0. The Morgan fingerprint density at radius 2 is 1.90 bits per heavy atom. The lowest BCUT2D eigenvalue weighted by molar-refractivity contribution is -0.116. The number of aromatic nitrogens is 2. The molecule has 7 nitrogen and oxygen atoms in total. The second-order valence-electron chi connectivity index (χ2n) is 6.47. The van der Waals surface area contributed by atoms with Gasteiger partial charge in [0, 0.05) is 43.8 Å². The summed E-state index contributed by atoms with van der Waals surface area (Å²) in [4.78, 5) is 16.2. The summed E-state index contributed by atoms with van der Waals surface area (Å²) >= 11 is 0. The third-order valence-corrected chi connectivity index (χ3v) is 4.21. The molecule has 0 aliphatic heterocycles. The van der Waals surface area contributed by atoms with Crippen LogP contribution in [0.5, 0.6) is 0 Å². The number of amides is 1. The van der Waals surface area contributed by atoms with E-state index in [0.29, 0.717) is 18.2 Å². The van der Waals surface area contributed by atoms with Crippen molar-refractivity contribution in [3.63, 3.8) is 0 Å². The maximum Gasteiger partial charge on any atom is 0.246 e. The van der Waals surface area contributed by atoms with Crippen molar-refractivity contribution in [2.45, 2.75) is 19.6 Å². The zero-order chi connectivity index (χ0) is 21.3. The van der Waals surface area contributed by atoms with E-state index in [1.54, 1.807) is 31.6 Å². The number of aliphatic imine (C=N–C) groups is 1. The minimum atomic E-state index is -0.498. The Kier molecular flexibility index (Phi) is 9.38. The molecule has 1 amide bonds. The number of halogens is 3. The largest absolute Gasteiger partial charge is 0.352 e. The number of benzene rings is 2. The first-order valence-corrected chi connectivity index (χ1v) is 9.28. The predicted octanol–water partition coefficient (Wildman–Crippen LogP) is 3.28. The maximum atomic E-state index is 13.7. The van der Waals surface area contributed by atoms with Gasteiger partial charge < -0.3 is 16.0 Å². The molecule has 0 unspecified atom stereocenters. The summed E-state index contributed by atoms with van der Waals surface area (Å²) in [5, 5.41) is 12.9. The first-order chi connectivity index (χ1) is 14.5. The number of carbonyl (C=O) groups is 1. The van der Waals surface area contributed by atoms with Gasteiger partial charge in [-0.2, -0.15) is 5.10 Å². The standard InChI is InChI=1S/C21H22F2N6O.HI/c1-24-21(26-13-16-11-17(22)6-7-19(16)23)25-12-15-4-2-5-18(10-15)28-20(30)14-29-9-3-8-27-29;/h2-11H,12-14H2,1H3,(H,28,30)(H2,24,25,26);1H. The molecule has 0 aliphatic carbocycles. The molecule has 1 aromatic heterocycles. The number of hydrogen-bond donors (Lipinski definition) is 3. The highest BCUT2D eigenvalue weighted by Crippen LogP contribution is 2.11. The summed E-state index contributed by atoms with van der Waals surface area (Å²) < 4.78 is 28.6. The Labute approximate surface area is 196 Å². The Morgan fingerprint density at radius 1 is 1.10 bits per heavy atom. The number of guanidine groups is 1. The molecular weight excluding hydrogens is 517 g/mol. The molecule has 2 aromatic carbocycles. The molecule has 0 fully saturated rings. The van der Waals surface area contributed by atoms with E-state index in [-0.39, 0.29) is 48.5 Å². The molecule has 0 aliphatic rings. The molecule has 3 N–H and O–H groups in total. The first kappa shape index (κ1) is 24.3. The van der Waals surface area contributed by atoms with Crippen LogP contribution in [0.25, 0.3) is 0 Å². The van der Waals surface area contributed by atoms with Crippen LogP contribution in [-0.2, 0) is 24.4 Å². The number of carbonyl (C=O) groups excluding carboxylic acids is 1. The fourth-order valence-electron chi connectivity index (χ4n) is 2.76. The van der Waals surface area contributed by atoms with Crippen LogP contribution in [0.2, 0.25) is 0 Å². The average molecular weight is 540 g/mol. The van der Waals surface area contributed by atoms with Crippen LogP contribution in [0.1, 0.15) is 11.1 Å². The van der Waals surface area contributed by atoms with Crippen molar-refractivity contribution in [1.82, 2.24) is 20.4 Å². The van der Waals surface area contributed by atoms with Gasteiger partial charge in [0.15, 0.2) is 5.96 Å². The minimum Gasteiger partial charge on any atom is -0.352 e. The molecule has 0 saturated heterocycles. The van der Waals surface area contributed by atoms with Crippen molar-refractivity contribution in [2.24, 2.45) is 4.99 Å². The molecule has 0 spiro atoms. The fourth-order valence-corrected chi connectivity index (χ4v) is 2.76. The lowest BCUT2D eigenvalue weighted by Crippen LogP contribution is -2.36. The van der Waals surface area contributed by atoms with Gasteiger partial charge in [0.25, 0.3) is 0 Å². The normalized spacial score (nSPS) is 10.9. The van der Waals surface area contributed by atoms with Gasteiger partial charge >= 0.3 is 0 Å². The number of rotatable bonds is 7. The second kappa shape index (κ2) is 12.0. The Hall–Kier alpha value is -3.02. The molecule has 164 valence electrons. The molecule has 31 heavy (non-hydrogen) atoms. The van der Waals surface area contributed by atoms with Crippen molar-refractivity contribution in [3.05, 3.63) is 83.7 Å². The lowest BCUT2D eigenvalue weighted by atomic mass is 10.2. The lowest BCUT2D eigenvalue weighted by Gasteiger charge is -2.13. The molecule has 10 heteroatoms. The average Bonchev–Trinajstić information content (AvgIpc) is 3.23. The quantitative estimate of drug-likeness (QED) is 0.244. The predicted molar refractivity (Wildman–Crippen MR) is 126 cm³/mol. The number of nitrogens with one attached hydrogen (secondary N) is 3. The zero-order valence-electron chi connectivity index (χ0n) is 16.8. The zero-order valence-corrected chi connectivity index (χ0v) is 19.1. The van der Waals surface area contributed by atoms with Crippen LogP contribution >= 0.6 is 24.0 Å². The van der Waals surface area contributed by atoms with Gasteiger partial charge in [-0.05, 0) is 42.0 Å². The Bertz CT molecular complexity index is 1030. The highest BCUT2D eigenvalue weighted by atomic mass is 127. The van der Waals surface area contributed by atoms with E-state index in [2.05, 4.69) is 26.0 Å². The van der Waals surface area contributed by atoms with E-state index < -0.39 is 11.6 Å². The van der Waals surface area contributed by atoms with E-state index >= 15 is 0 Å². The van der Waals surface area contributed by atoms with Gasteiger partial charge in [0.2, 0.25) is 5.91 Å². The van der Waals surface area contributed by atoms with E-state index in [4.69, 9.17) is 0 Å². The Balaban J connectivity index is 0.00000341. The fraction of sp³-hybridized carbons (Fsp3) is 0.190. The molecule has 3 rings (SSSR count). The van der Waals surface area contributed by atoms with Gasteiger partial charge in [-0.25, -0.2) is 8.78 Å². The van der Waals surface area contributed by atoms with E-state index in [1.807, 2.05) is 18.2 Å². The van der Waals surface area contributed by atoms with Crippen LogP contribution in [-0.4, -0.2) is 28.7 Å². The molecule has 0 radical (unpaired) electrons. The van der Waals surface area contributed by atoms with E-state index in [9.17, 15) is 13.6 Å². The second-order valence-corrected chi connectivity index (χ2v) is 6.47. The smallest absolute Gasteiger partial charge is 0.246 e. The van der Waals surface area contributed by atoms with E-state index in [0.717, 1.165) is 23.8 Å². The van der Waals surface area contributed by atoms with E-state index in [1.165, 1.54) is 4.68 Å². The number of anilines is 1.